The van der Waals surface area contributed by atoms with E-state index < -0.39 is 0 Å². The summed E-state index contributed by atoms with van der Waals surface area (Å²) in [4.78, 5) is 4.49. The Bertz CT molecular complexity index is 837. The lowest BCUT2D eigenvalue weighted by atomic mass is 10.2. The molecule has 0 aliphatic heterocycles. The molecule has 5 heteroatoms. The Morgan fingerprint density at radius 3 is 2.64 bits per heavy atom. The predicted octanol–water partition coefficient (Wildman–Crippen LogP) is 3.24. The molecule has 0 amide bonds. The average Bonchev–Trinajstić information content (AvgIpc) is 2.87. The van der Waals surface area contributed by atoms with Crippen LogP contribution in [0.5, 0.6) is 11.5 Å². The summed E-state index contributed by atoms with van der Waals surface area (Å²) in [6, 6.07) is 13.6. The maximum atomic E-state index is 5.41. The van der Waals surface area contributed by atoms with Gasteiger partial charge >= 0.3 is 0 Å². The Kier molecular flexibility index (Phi) is 3.78. The summed E-state index contributed by atoms with van der Waals surface area (Å²) >= 11 is 0. The number of imidazole rings is 1. The van der Waals surface area contributed by atoms with Crippen molar-refractivity contribution in [2.75, 3.05) is 14.2 Å². The van der Waals surface area contributed by atoms with Crippen molar-refractivity contribution < 1.29 is 9.47 Å². The summed E-state index contributed by atoms with van der Waals surface area (Å²) in [6.45, 7) is 1.93. The van der Waals surface area contributed by atoms with E-state index >= 15 is 0 Å². The van der Waals surface area contributed by atoms with Crippen LogP contribution in [0.1, 0.15) is 11.4 Å². The van der Waals surface area contributed by atoms with Crippen LogP contribution in [0.25, 0.3) is 11.0 Å². The molecule has 22 heavy (non-hydrogen) atoms. The SMILES string of the molecule is COc1cccc(/C=N/n2c(C)nc3ccccc32)c1OC. The molecule has 3 aromatic rings. The van der Waals surface area contributed by atoms with Crippen molar-refractivity contribution in [2.45, 2.75) is 6.92 Å². The Balaban J connectivity index is 2.05. The van der Waals surface area contributed by atoms with Gasteiger partial charge in [0.15, 0.2) is 11.5 Å². The molecule has 3 rings (SSSR count). The maximum absolute atomic E-state index is 5.41. The second-order valence-electron chi connectivity index (χ2n) is 4.79. The van der Waals surface area contributed by atoms with E-state index in [4.69, 9.17) is 9.47 Å². The molecule has 0 N–H and O–H groups in total. The summed E-state index contributed by atoms with van der Waals surface area (Å²) < 4.78 is 12.5. The number of para-hydroxylation sites is 3. The zero-order chi connectivity index (χ0) is 15.5. The van der Waals surface area contributed by atoms with Gasteiger partial charge in [-0.3, -0.25) is 0 Å². The highest BCUT2D eigenvalue weighted by atomic mass is 16.5. The lowest BCUT2D eigenvalue weighted by Gasteiger charge is -2.09. The van der Waals surface area contributed by atoms with Crippen LogP contribution in [0, 0.1) is 6.92 Å². The number of hydrogen-bond donors (Lipinski definition) is 0. The molecule has 0 radical (unpaired) electrons. The van der Waals surface area contributed by atoms with E-state index in [0.29, 0.717) is 11.5 Å². The van der Waals surface area contributed by atoms with Gasteiger partial charge in [-0.15, -0.1) is 0 Å². The van der Waals surface area contributed by atoms with E-state index in [1.165, 1.54) is 0 Å². The minimum absolute atomic E-state index is 0.663. The van der Waals surface area contributed by atoms with E-state index in [2.05, 4.69) is 10.1 Å². The van der Waals surface area contributed by atoms with Gasteiger partial charge in [-0.1, -0.05) is 18.2 Å². The number of benzene rings is 2. The van der Waals surface area contributed by atoms with Crippen LogP contribution >= 0.6 is 0 Å². The Labute approximate surface area is 128 Å². The van der Waals surface area contributed by atoms with Crippen molar-refractivity contribution in [1.82, 2.24) is 9.66 Å². The fourth-order valence-electron chi connectivity index (χ4n) is 2.41. The van der Waals surface area contributed by atoms with Crippen molar-refractivity contribution in [2.24, 2.45) is 5.10 Å². The molecule has 0 unspecified atom stereocenters. The van der Waals surface area contributed by atoms with Crippen molar-refractivity contribution in [3.05, 3.63) is 53.9 Å². The van der Waals surface area contributed by atoms with Crippen LogP contribution < -0.4 is 9.47 Å². The quantitative estimate of drug-likeness (QED) is 0.694. The number of aromatic nitrogens is 2. The van der Waals surface area contributed by atoms with E-state index in [-0.39, 0.29) is 0 Å². The molecule has 0 aliphatic carbocycles. The molecule has 0 saturated carbocycles. The summed E-state index contributed by atoms with van der Waals surface area (Å²) in [7, 11) is 3.24. The average molecular weight is 295 g/mol. The number of fused-ring (bicyclic) bond motifs is 1. The zero-order valence-corrected chi connectivity index (χ0v) is 12.8. The molecular formula is C17H17N3O2. The second kappa shape index (κ2) is 5.89. The molecule has 0 spiro atoms. The van der Waals surface area contributed by atoms with Crippen LogP contribution in [0.3, 0.4) is 0 Å². The van der Waals surface area contributed by atoms with Crippen molar-refractivity contribution in [3.63, 3.8) is 0 Å². The van der Waals surface area contributed by atoms with Gasteiger partial charge < -0.3 is 9.47 Å². The molecule has 0 fully saturated rings. The van der Waals surface area contributed by atoms with Gasteiger partial charge in [0.1, 0.15) is 5.82 Å². The van der Waals surface area contributed by atoms with Crippen molar-refractivity contribution in [3.8, 4) is 11.5 Å². The topological polar surface area (TPSA) is 48.6 Å². The standard InChI is InChI=1S/C17H17N3O2/c1-12-19-14-8-4-5-9-15(14)20(12)18-11-13-7-6-10-16(21-2)17(13)22-3/h4-11H,1-3H3/b18-11+. The minimum atomic E-state index is 0.663. The third-order valence-corrected chi connectivity index (χ3v) is 3.44. The number of methoxy groups -OCH3 is 2. The van der Waals surface area contributed by atoms with E-state index in [9.17, 15) is 0 Å². The van der Waals surface area contributed by atoms with Gasteiger partial charge in [0.05, 0.1) is 31.5 Å². The van der Waals surface area contributed by atoms with Gasteiger partial charge in [-0.2, -0.15) is 5.10 Å². The van der Waals surface area contributed by atoms with Gasteiger partial charge in [0, 0.05) is 5.56 Å². The molecule has 1 heterocycles. The highest BCUT2D eigenvalue weighted by molar-refractivity contribution is 5.86. The third-order valence-electron chi connectivity index (χ3n) is 3.44. The molecule has 112 valence electrons. The first-order valence-corrected chi connectivity index (χ1v) is 6.94. The Morgan fingerprint density at radius 2 is 1.86 bits per heavy atom. The molecular weight excluding hydrogens is 278 g/mol. The number of ether oxygens (including phenoxy) is 2. The molecule has 2 aromatic carbocycles. The van der Waals surface area contributed by atoms with Crippen LogP contribution in [0.15, 0.2) is 47.6 Å². The minimum Gasteiger partial charge on any atom is -0.493 e. The molecule has 5 nitrogen and oxygen atoms in total. The first-order valence-electron chi connectivity index (χ1n) is 6.94. The number of aryl methyl sites for hydroxylation is 1. The molecule has 0 aliphatic rings. The van der Waals surface area contributed by atoms with E-state index in [1.54, 1.807) is 20.4 Å². The van der Waals surface area contributed by atoms with Crippen molar-refractivity contribution in [1.29, 1.82) is 0 Å². The highest BCUT2D eigenvalue weighted by Crippen LogP contribution is 2.29. The molecule has 0 bridgehead atoms. The smallest absolute Gasteiger partial charge is 0.169 e. The maximum Gasteiger partial charge on any atom is 0.169 e. The number of rotatable bonds is 4. The summed E-state index contributed by atoms with van der Waals surface area (Å²) in [5.74, 6) is 2.17. The molecule has 0 saturated heterocycles. The zero-order valence-electron chi connectivity index (χ0n) is 12.8. The first kappa shape index (κ1) is 14.1. The Morgan fingerprint density at radius 1 is 1.05 bits per heavy atom. The lowest BCUT2D eigenvalue weighted by Crippen LogP contribution is -1.97. The van der Waals surface area contributed by atoms with Crippen LogP contribution in [0.4, 0.5) is 0 Å². The normalized spacial score (nSPS) is 11.2. The fourth-order valence-corrected chi connectivity index (χ4v) is 2.41. The summed E-state index contributed by atoms with van der Waals surface area (Å²) in [5.41, 5.74) is 2.74. The first-order chi connectivity index (χ1) is 10.7. The second-order valence-corrected chi connectivity index (χ2v) is 4.79. The van der Waals surface area contributed by atoms with Crippen LogP contribution in [-0.2, 0) is 0 Å². The number of hydrogen-bond acceptors (Lipinski definition) is 4. The van der Waals surface area contributed by atoms with Gasteiger partial charge in [0.25, 0.3) is 0 Å². The summed E-state index contributed by atoms with van der Waals surface area (Å²) in [6.07, 6.45) is 1.75. The van der Waals surface area contributed by atoms with E-state index in [0.717, 1.165) is 22.4 Å². The van der Waals surface area contributed by atoms with Gasteiger partial charge in [-0.05, 0) is 31.2 Å². The van der Waals surface area contributed by atoms with Gasteiger partial charge in [0.2, 0.25) is 0 Å². The van der Waals surface area contributed by atoms with E-state index in [1.807, 2.05) is 54.1 Å². The fraction of sp³-hybridized carbons (Fsp3) is 0.176. The predicted molar refractivity (Wildman–Crippen MR) is 87.0 cm³/mol. The van der Waals surface area contributed by atoms with Crippen LogP contribution in [-0.4, -0.2) is 30.1 Å². The largest absolute Gasteiger partial charge is 0.493 e. The highest BCUT2D eigenvalue weighted by Gasteiger charge is 2.09. The monoisotopic (exact) mass is 295 g/mol. The molecule has 1 aromatic heterocycles. The van der Waals surface area contributed by atoms with Crippen molar-refractivity contribution >= 4 is 17.2 Å². The Hall–Kier alpha value is -2.82. The third kappa shape index (κ3) is 2.41. The summed E-state index contributed by atoms with van der Waals surface area (Å²) in [5, 5.41) is 4.54. The van der Waals surface area contributed by atoms with Gasteiger partial charge in [-0.25, -0.2) is 9.66 Å². The molecule has 0 atom stereocenters. The number of nitrogens with zero attached hydrogens (tertiary/aromatic N) is 3. The van der Waals surface area contributed by atoms with Crippen LogP contribution in [0.2, 0.25) is 0 Å². The lowest BCUT2D eigenvalue weighted by molar-refractivity contribution is 0.354.